The molecule has 0 saturated carbocycles. The highest BCUT2D eigenvalue weighted by Gasteiger charge is 2.52. The van der Waals surface area contributed by atoms with Crippen molar-refractivity contribution in [2.75, 3.05) is 13.7 Å². The lowest BCUT2D eigenvalue weighted by Crippen LogP contribution is -2.64. The summed E-state index contributed by atoms with van der Waals surface area (Å²) in [5.41, 5.74) is 0. The monoisotopic (exact) mass is 248 g/mol. The minimum atomic E-state index is -1.06. The van der Waals surface area contributed by atoms with Crippen LogP contribution in [-0.2, 0) is 23.7 Å². The van der Waals surface area contributed by atoms with E-state index < -0.39 is 42.8 Å². The van der Waals surface area contributed by atoms with Gasteiger partial charge in [0.05, 0.1) is 6.61 Å². The molecule has 0 unspecified atom stereocenters. The van der Waals surface area contributed by atoms with Crippen molar-refractivity contribution < 1.29 is 34.0 Å². The number of carbonyl (C=O) groups excluding carboxylic acids is 1. The summed E-state index contributed by atoms with van der Waals surface area (Å²) in [4.78, 5) is 11.4. The van der Waals surface area contributed by atoms with Gasteiger partial charge in [-0.1, -0.05) is 0 Å². The molecule has 7 nitrogen and oxygen atoms in total. The normalized spacial score (nSPS) is 46.2. The molecule has 0 aromatic carbocycles. The van der Waals surface area contributed by atoms with E-state index in [-0.39, 0.29) is 6.61 Å². The Kier molecular flexibility index (Phi) is 3.64. The first-order valence-electron chi connectivity index (χ1n) is 5.41. The number of carbonyl (C=O) groups is 1. The van der Waals surface area contributed by atoms with Crippen LogP contribution >= 0.6 is 0 Å². The van der Waals surface area contributed by atoms with E-state index in [0.29, 0.717) is 0 Å². The standard InChI is InChI=1S/C10H16O7/c1-4-9(13)17-8-7(15-4)6(12)5(3-11)16-10(8)14-2/h4-8,10-12H,3H2,1-2H3/t4-,5-,6-,7+,8+,10+/m1/s1. The predicted octanol–water partition coefficient (Wildman–Crippen LogP) is -1.59. The fraction of sp³-hybridized carbons (Fsp3) is 0.900. The molecule has 0 radical (unpaired) electrons. The summed E-state index contributed by atoms with van der Waals surface area (Å²) >= 11 is 0. The van der Waals surface area contributed by atoms with Crippen LogP contribution in [0.3, 0.4) is 0 Å². The van der Waals surface area contributed by atoms with Crippen molar-refractivity contribution in [2.45, 2.75) is 43.7 Å². The summed E-state index contributed by atoms with van der Waals surface area (Å²) in [6.45, 7) is 1.17. The molecule has 17 heavy (non-hydrogen) atoms. The van der Waals surface area contributed by atoms with Crippen molar-refractivity contribution in [3.05, 3.63) is 0 Å². The van der Waals surface area contributed by atoms with Crippen molar-refractivity contribution in [3.63, 3.8) is 0 Å². The number of esters is 1. The van der Waals surface area contributed by atoms with Crippen LogP contribution in [0.5, 0.6) is 0 Å². The van der Waals surface area contributed by atoms with Gasteiger partial charge >= 0.3 is 5.97 Å². The molecule has 0 aromatic rings. The van der Waals surface area contributed by atoms with E-state index in [1.54, 1.807) is 0 Å². The fourth-order valence-electron chi connectivity index (χ4n) is 2.03. The maximum Gasteiger partial charge on any atom is 0.335 e. The predicted molar refractivity (Wildman–Crippen MR) is 53.0 cm³/mol. The number of aliphatic hydroxyl groups excluding tert-OH is 2. The smallest absolute Gasteiger partial charge is 0.335 e. The third kappa shape index (κ3) is 2.16. The zero-order valence-electron chi connectivity index (χ0n) is 9.61. The van der Waals surface area contributed by atoms with Gasteiger partial charge in [-0.25, -0.2) is 4.79 Å². The molecule has 0 amide bonds. The molecule has 0 spiro atoms. The molecule has 0 aliphatic carbocycles. The highest BCUT2D eigenvalue weighted by Crippen LogP contribution is 2.30. The Hall–Kier alpha value is -0.730. The lowest BCUT2D eigenvalue weighted by Gasteiger charge is -2.46. The SMILES string of the molecule is CO[C@H]1O[C@H](CO)[C@@H](O)[C@@H]2O[C@H](C)C(=O)O[C@H]12. The zero-order valence-corrected chi connectivity index (χ0v) is 9.61. The van der Waals surface area contributed by atoms with E-state index in [1.807, 2.05) is 0 Å². The van der Waals surface area contributed by atoms with Gasteiger partial charge in [0.15, 0.2) is 18.5 Å². The summed E-state index contributed by atoms with van der Waals surface area (Å²) in [7, 11) is 1.39. The van der Waals surface area contributed by atoms with Crippen molar-refractivity contribution in [3.8, 4) is 0 Å². The van der Waals surface area contributed by atoms with Gasteiger partial charge in [0.1, 0.15) is 18.3 Å². The van der Waals surface area contributed by atoms with Gasteiger partial charge in [0.2, 0.25) is 0 Å². The van der Waals surface area contributed by atoms with Crippen molar-refractivity contribution >= 4 is 5.97 Å². The van der Waals surface area contributed by atoms with Crippen LogP contribution in [0, 0.1) is 0 Å². The summed E-state index contributed by atoms with van der Waals surface area (Å²) < 4.78 is 20.8. The molecule has 7 heteroatoms. The third-order valence-corrected chi connectivity index (χ3v) is 2.98. The van der Waals surface area contributed by atoms with Gasteiger partial charge < -0.3 is 29.2 Å². The maximum atomic E-state index is 11.4. The first-order chi connectivity index (χ1) is 8.08. The molecule has 2 aliphatic heterocycles. The second kappa shape index (κ2) is 4.87. The quantitative estimate of drug-likeness (QED) is 0.569. The summed E-state index contributed by atoms with van der Waals surface area (Å²) in [6.07, 6.45) is -5.05. The van der Waals surface area contributed by atoms with E-state index in [2.05, 4.69) is 0 Å². The van der Waals surface area contributed by atoms with E-state index in [0.717, 1.165) is 0 Å². The molecular weight excluding hydrogens is 232 g/mol. The number of hydrogen-bond acceptors (Lipinski definition) is 7. The van der Waals surface area contributed by atoms with Gasteiger partial charge in [-0.3, -0.25) is 0 Å². The van der Waals surface area contributed by atoms with Crippen molar-refractivity contribution in [1.29, 1.82) is 0 Å². The van der Waals surface area contributed by atoms with Crippen LogP contribution in [0.15, 0.2) is 0 Å². The number of hydrogen-bond donors (Lipinski definition) is 2. The van der Waals surface area contributed by atoms with Crippen molar-refractivity contribution in [1.82, 2.24) is 0 Å². The highest BCUT2D eigenvalue weighted by atomic mass is 16.7. The Morgan fingerprint density at radius 2 is 2.06 bits per heavy atom. The van der Waals surface area contributed by atoms with Crippen LogP contribution in [0.25, 0.3) is 0 Å². The Morgan fingerprint density at radius 1 is 1.35 bits per heavy atom. The fourth-order valence-corrected chi connectivity index (χ4v) is 2.03. The number of aliphatic hydroxyl groups is 2. The molecule has 2 heterocycles. The topological polar surface area (TPSA) is 94.5 Å². The minimum absolute atomic E-state index is 0.365. The maximum absolute atomic E-state index is 11.4. The number of fused-ring (bicyclic) bond motifs is 1. The Balaban J connectivity index is 2.18. The molecular formula is C10H16O7. The largest absolute Gasteiger partial charge is 0.452 e. The lowest BCUT2D eigenvalue weighted by molar-refractivity contribution is -0.324. The molecule has 2 fully saturated rings. The van der Waals surface area contributed by atoms with Crippen LogP contribution in [0.1, 0.15) is 6.92 Å². The Morgan fingerprint density at radius 3 is 2.65 bits per heavy atom. The molecule has 0 aromatic heterocycles. The van der Waals surface area contributed by atoms with Gasteiger partial charge in [-0.2, -0.15) is 0 Å². The molecule has 0 bridgehead atoms. The first-order valence-corrected chi connectivity index (χ1v) is 5.41. The van der Waals surface area contributed by atoms with Crippen LogP contribution in [0.4, 0.5) is 0 Å². The van der Waals surface area contributed by atoms with E-state index in [9.17, 15) is 9.90 Å². The van der Waals surface area contributed by atoms with Crippen LogP contribution in [-0.4, -0.2) is 66.7 Å². The Bertz CT molecular complexity index is 294. The third-order valence-electron chi connectivity index (χ3n) is 2.98. The summed E-state index contributed by atoms with van der Waals surface area (Å²) in [6, 6.07) is 0. The van der Waals surface area contributed by atoms with Crippen molar-refractivity contribution in [2.24, 2.45) is 0 Å². The second-order valence-electron chi connectivity index (χ2n) is 4.10. The highest BCUT2D eigenvalue weighted by molar-refractivity contribution is 5.75. The zero-order chi connectivity index (χ0) is 12.6. The minimum Gasteiger partial charge on any atom is -0.452 e. The van der Waals surface area contributed by atoms with Gasteiger partial charge in [0, 0.05) is 7.11 Å². The summed E-state index contributed by atoms with van der Waals surface area (Å²) in [5.74, 6) is -0.522. The average Bonchev–Trinajstić information content (AvgIpc) is 2.32. The molecule has 98 valence electrons. The number of ether oxygens (including phenoxy) is 4. The lowest BCUT2D eigenvalue weighted by atomic mass is 9.97. The van der Waals surface area contributed by atoms with Crippen LogP contribution < -0.4 is 0 Å². The number of rotatable bonds is 2. The molecule has 6 atom stereocenters. The molecule has 2 N–H and O–H groups in total. The number of methoxy groups -OCH3 is 1. The molecule has 2 saturated heterocycles. The summed E-state index contributed by atoms with van der Waals surface area (Å²) in [5, 5.41) is 19.0. The second-order valence-corrected chi connectivity index (χ2v) is 4.10. The molecule has 2 aliphatic rings. The van der Waals surface area contributed by atoms with E-state index in [4.69, 9.17) is 24.1 Å². The van der Waals surface area contributed by atoms with Gasteiger partial charge in [-0.15, -0.1) is 0 Å². The first kappa shape index (κ1) is 12.7. The van der Waals surface area contributed by atoms with Gasteiger partial charge in [-0.05, 0) is 6.92 Å². The van der Waals surface area contributed by atoms with Crippen LogP contribution in [0.2, 0.25) is 0 Å². The average molecular weight is 248 g/mol. The van der Waals surface area contributed by atoms with Gasteiger partial charge in [0.25, 0.3) is 0 Å². The van der Waals surface area contributed by atoms with E-state index >= 15 is 0 Å². The molecule has 2 rings (SSSR count). The Labute approximate surface area is 98.2 Å². The van der Waals surface area contributed by atoms with E-state index in [1.165, 1.54) is 14.0 Å².